The first-order valence-electron chi connectivity index (χ1n) is 4.21. The van der Waals surface area contributed by atoms with Crippen molar-refractivity contribution in [2.75, 3.05) is 5.73 Å². The highest BCUT2D eigenvalue weighted by molar-refractivity contribution is 5.43. The SMILES string of the molecule is Nc1cccc(OCc2cnoc2)c1. The smallest absolute Gasteiger partial charge is 0.130 e. The molecule has 1 aromatic carbocycles. The van der Waals surface area contributed by atoms with E-state index < -0.39 is 0 Å². The fourth-order valence-corrected chi connectivity index (χ4v) is 1.07. The molecule has 0 amide bonds. The monoisotopic (exact) mass is 190 g/mol. The van der Waals surface area contributed by atoms with E-state index in [4.69, 9.17) is 10.5 Å². The van der Waals surface area contributed by atoms with E-state index in [2.05, 4.69) is 9.68 Å². The molecule has 0 aliphatic heterocycles. The zero-order chi connectivity index (χ0) is 9.80. The van der Waals surface area contributed by atoms with Crippen molar-refractivity contribution in [3.63, 3.8) is 0 Å². The van der Waals surface area contributed by atoms with Crippen LogP contribution in [0.4, 0.5) is 5.69 Å². The van der Waals surface area contributed by atoms with Crippen molar-refractivity contribution >= 4 is 5.69 Å². The van der Waals surface area contributed by atoms with Gasteiger partial charge in [0.05, 0.1) is 6.20 Å². The topological polar surface area (TPSA) is 61.3 Å². The van der Waals surface area contributed by atoms with Gasteiger partial charge in [0.25, 0.3) is 0 Å². The lowest BCUT2D eigenvalue weighted by molar-refractivity contribution is 0.304. The van der Waals surface area contributed by atoms with Gasteiger partial charge in [0.1, 0.15) is 18.6 Å². The van der Waals surface area contributed by atoms with E-state index in [9.17, 15) is 0 Å². The molecular formula is C10H10N2O2. The zero-order valence-corrected chi connectivity index (χ0v) is 7.51. The molecule has 0 saturated carbocycles. The summed E-state index contributed by atoms with van der Waals surface area (Å²) < 4.78 is 10.1. The van der Waals surface area contributed by atoms with E-state index in [1.165, 1.54) is 0 Å². The molecule has 2 aromatic rings. The standard InChI is InChI=1S/C10H10N2O2/c11-9-2-1-3-10(4-9)13-6-8-5-12-14-7-8/h1-5,7H,6,11H2. The molecule has 72 valence electrons. The van der Waals surface area contributed by atoms with Gasteiger partial charge in [-0.15, -0.1) is 0 Å². The van der Waals surface area contributed by atoms with Crippen molar-refractivity contribution in [2.24, 2.45) is 0 Å². The van der Waals surface area contributed by atoms with Crippen LogP contribution in [0.1, 0.15) is 5.56 Å². The summed E-state index contributed by atoms with van der Waals surface area (Å²) in [6.45, 7) is 0.437. The van der Waals surface area contributed by atoms with Crippen LogP contribution in [-0.2, 0) is 6.61 Å². The summed E-state index contributed by atoms with van der Waals surface area (Å²) in [5, 5.41) is 3.57. The summed E-state index contributed by atoms with van der Waals surface area (Å²) >= 11 is 0. The lowest BCUT2D eigenvalue weighted by Crippen LogP contribution is -1.94. The molecule has 0 unspecified atom stereocenters. The number of nitrogens with two attached hydrogens (primary N) is 1. The van der Waals surface area contributed by atoms with Crippen LogP contribution in [0.2, 0.25) is 0 Å². The highest BCUT2D eigenvalue weighted by atomic mass is 16.5. The molecule has 0 bridgehead atoms. The second-order valence-corrected chi connectivity index (χ2v) is 2.89. The molecule has 2 rings (SSSR count). The molecule has 2 N–H and O–H groups in total. The number of ether oxygens (including phenoxy) is 1. The molecule has 4 heteroatoms. The number of benzene rings is 1. The Bertz CT molecular complexity index is 398. The second-order valence-electron chi connectivity index (χ2n) is 2.89. The van der Waals surface area contributed by atoms with Crippen molar-refractivity contribution in [1.29, 1.82) is 0 Å². The van der Waals surface area contributed by atoms with Crippen molar-refractivity contribution in [3.8, 4) is 5.75 Å². The lowest BCUT2D eigenvalue weighted by Gasteiger charge is -2.03. The summed E-state index contributed by atoms with van der Waals surface area (Å²) in [6.07, 6.45) is 3.17. The number of aromatic nitrogens is 1. The number of nitrogen functional groups attached to an aromatic ring is 1. The van der Waals surface area contributed by atoms with Gasteiger partial charge in [-0.25, -0.2) is 0 Å². The van der Waals surface area contributed by atoms with E-state index in [0.29, 0.717) is 12.3 Å². The Morgan fingerprint density at radius 3 is 3.07 bits per heavy atom. The predicted molar refractivity (Wildman–Crippen MR) is 51.7 cm³/mol. The van der Waals surface area contributed by atoms with Crippen LogP contribution < -0.4 is 10.5 Å². The second kappa shape index (κ2) is 3.83. The van der Waals surface area contributed by atoms with Crippen LogP contribution in [0.25, 0.3) is 0 Å². The maximum atomic E-state index is 5.60. The van der Waals surface area contributed by atoms with Gasteiger partial charge in [-0.3, -0.25) is 0 Å². The summed E-state index contributed by atoms with van der Waals surface area (Å²) in [6, 6.07) is 7.28. The van der Waals surface area contributed by atoms with Gasteiger partial charge in [-0.2, -0.15) is 0 Å². The Morgan fingerprint density at radius 2 is 2.36 bits per heavy atom. The Balaban J connectivity index is 1.98. The first-order valence-corrected chi connectivity index (χ1v) is 4.21. The van der Waals surface area contributed by atoms with Crippen LogP contribution in [0.15, 0.2) is 41.2 Å². The minimum Gasteiger partial charge on any atom is -0.489 e. The predicted octanol–water partition coefficient (Wildman–Crippen LogP) is 1.84. The molecule has 0 spiro atoms. The van der Waals surface area contributed by atoms with Crippen LogP contribution in [-0.4, -0.2) is 5.16 Å². The summed E-state index contributed by atoms with van der Waals surface area (Å²) in [5.41, 5.74) is 7.18. The molecule has 0 saturated heterocycles. The van der Waals surface area contributed by atoms with Crippen molar-refractivity contribution < 1.29 is 9.26 Å². The Morgan fingerprint density at radius 1 is 1.43 bits per heavy atom. The van der Waals surface area contributed by atoms with E-state index in [1.807, 2.05) is 18.2 Å². The van der Waals surface area contributed by atoms with Gasteiger partial charge in [0, 0.05) is 17.3 Å². The highest BCUT2D eigenvalue weighted by Gasteiger charge is 1.97. The maximum absolute atomic E-state index is 5.60. The molecule has 0 aliphatic rings. The molecule has 0 radical (unpaired) electrons. The van der Waals surface area contributed by atoms with Crippen molar-refractivity contribution in [1.82, 2.24) is 5.16 Å². The molecular weight excluding hydrogens is 180 g/mol. The van der Waals surface area contributed by atoms with Crippen LogP contribution in [0, 0.1) is 0 Å². The molecule has 1 heterocycles. The quantitative estimate of drug-likeness (QED) is 0.750. The lowest BCUT2D eigenvalue weighted by atomic mass is 10.3. The third-order valence-electron chi connectivity index (χ3n) is 1.75. The third-order valence-corrected chi connectivity index (χ3v) is 1.75. The van der Waals surface area contributed by atoms with Gasteiger partial charge >= 0.3 is 0 Å². The molecule has 14 heavy (non-hydrogen) atoms. The molecule has 0 fully saturated rings. The summed E-state index contributed by atoms with van der Waals surface area (Å²) in [5.74, 6) is 0.742. The third kappa shape index (κ3) is 2.04. The summed E-state index contributed by atoms with van der Waals surface area (Å²) in [7, 11) is 0. The first kappa shape index (κ1) is 8.62. The summed E-state index contributed by atoms with van der Waals surface area (Å²) in [4.78, 5) is 0. The maximum Gasteiger partial charge on any atom is 0.130 e. The fraction of sp³-hybridized carbons (Fsp3) is 0.100. The van der Waals surface area contributed by atoms with Crippen LogP contribution in [0.5, 0.6) is 5.75 Å². The van der Waals surface area contributed by atoms with Crippen molar-refractivity contribution in [2.45, 2.75) is 6.61 Å². The average molecular weight is 190 g/mol. The number of rotatable bonds is 3. The van der Waals surface area contributed by atoms with E-state index in [-0.39, 0.29) is 0 Å². The van der Waals surface area contributed by atoms with E-state index >= 15 is 0 Å². The van der Waals surface area contributed by atoms with E-state index in [1.54, 1.807) is 18.5 Å². The Labute approximate surface area is 81.3 Å². The number of hydrogen-bond donors (Lipinski definition) is 1. The first-order chi connectivity index (χ1) is 6.84. The van der Waals surface area contributed by atoms with Crippen molar-refractivity contribution in [3.05, 3.63) is 42.3 Å². The molecule has 0 aliphatic carbocycles. The largest absolute Gasteiger partial charge is 0.489 e. The van der Waals surface area contributed by atoms with Crippen LogP contribution >= 0.6 is 0 Å². The highest BCUT2D eigenvalue weighted by Crippen LogP contribution is 2.15. The van der Waals surface area contributed by atoms with E-state index in [0.717, 1.165) is 11.3 Å². The number of nitrogens with zero attached hydrogens (tertiary/aromatic N) is 1. The minimum absolute atomic E-state index is 0.437. The van der Waals surface area contributed by atoms with Gasteiger partial charge in [-0.1, -0.05) is 11.2 Å². The van der Waals surface area contributed by atoms with Gasteiger partial charge in [0.15, 0.2) is 0 Å². The molecule has 0 atom stereocenters. The zero-order valence-electron chi connectivity index (χ0n) is 7.51. The average Bonchev–Trinajstić information content (AvgIpc) is 2.67. The van der Waals surface area contributed by atoms with Gasteiger partial charge in [-0.05, 0) is 12.1 Å². The van der Waals surface area contributed by atoms with Crippen LogP contribution in [0.3, 0.4) is 0 Å². The Hall–Kier alpha value is -1.97. The fourth-order valence-electron chi connectivity index (χ4n) is 1.07. The van der Waals surface area contributed by atoms with Gasteiger partial charge < -0.3 is 15.0 Å². The normalized spacial score (nSPS) is 10.0. The minimum atomic E-state index is 0.437. The van der Waals surface area contributed by atoms with Gasteiger partial charge in [0.2, 0.25) is 0 Å². The molecule has 4 nitrogen and oxygen atoms in total. The Kier molecular flexibility index (Phi) is 2.36. The number of anilines is 1. The molecule has 1 aromatic heterocycles. The number of hydrogen-bond acceptors (Lipinski definition) is 4.